The zero-order chi connectivity index (χ0) is 15.3. The quantitative estimate of drug-likeness (QED) is 0.797. The molecule has 1 atom stereocenters. The van der Waals surface area contributed by atoms with Crippen molar-refractivity contribution in [3.8, 4) is 5.75 Å². The van der Waals surface area contributed by atoms with Gasteiger partial charge in [-0.05, 0) is 50.5 Å². The summed E-state index contributed by atoms with van der Waals surface area (Å²) < 4.78 is 6.59. The molecule has 1 aromatic rings. The average Bonchev–Trinajstić information content (AvgIpc) is 2.39. The third-order valence-corrected chi connectivity index (χ3v) is 3.98. The highest BCUT2D eigenvalue weighted by Crippen LogP contribution is 2.25. The van der Waals surface area contributed by atoms with Crippen LogP contribution >= 0.6 is 15.9 Å². The van der Waals surface area contributed by atoms with E-state index in [0.717, 1.165) is 22.9 Å². The number of carboxylic acids is 1. The smallest absolute Gasteiger partial charge is 0.312 e. The third-order valence-electron chi connectivity index (χ3n) is 3.20. The largest absolute Gasteiger partial charge is 0.492 e. The Labute approximate surface area is 128 Å². The van der Waals surface area contributed by atoms with Gasteiger partial charge in [0.25, 0.3) is 0 Å². The van der Waals surface area contributed by atoms with E-state index in [0.29, 0.717) is 5.75 Å². The van der Waals surface area contributed by atoms with Gasteiger partial charge in [-0.3, -0.25) is 4.79 Å². The molecule has 4 nitrogen and oxygen atoms in total. The van der Waals surface area contributed by atoms with Crippen molar-refractivity contribution in [3.05, 3.63) is 28.2 Å². The number of benzene rings is 1. The van der Waals surface area contributed by atoms with Crippen LogP contribution in [0.15, 0.2) is 22.7 Å². The van der Waals surface area contributed by atoms with Gasteiger partial charge in [-0.25, -0.2) is 0 Å². The summed E-state index contributed by atoms with van der Waals surface area (Å²) in [5.41, 5.74) is 6.13. The summed E-state index contributed by atoms with van der Waals surface area (Å²) >= 11 is 3.50. The molecule has 1 aromatic carbocycles. The minimum atomic E-state index is -0.910. The molecular formula is C15H22BrNO3. The number of ether oxygens (including phenoxy) is 1. The van der Waals surface area contributed by atoms with Crippen LogP contribution in [0, 0.1) is 5.41 Å². The molecule has 0 amide bonds. The van der Waals surface area contributed by atoms with Gasteiger partial charge < -0.3 is 15.6 Å². The molecule has 1 rings (SSSR count). The van der Waals surface area contributed by atoms with Gasteiger partial charge in [-0.2, -0.15) is 0 Å². The van der Waals surface area contributed by atoms with Crippen molar-refractivity contribution in [2.45, 2.75) is 39.7 Å². The van der Waals surface area contributed by atoms with Crippen LogP contribution in [0.2, 0.25) is 0 Å². The summed E-state index contributed by atoms with van der Waals surface area (Å²) in [4.78, 5) is 11.0. The van der Waals surface area contributed by atoms with E-state index in [1.165, 1.54) is 0 Å². The van der Waals surface area contributed by atoms with Crippen LogP contribution in [0.25, 0.3) is 0 Å². The van der Waals surface area contributed by atoms with Gasteiger partial charge >= 0.3 is 5.97 Å². The lowest BCUT2D eigenvalue weighted by Crippen LogP contribution is -2.30. The van der Waals surface area contributed by atoms with Crippen molar-refractivity contribution in [1.29, 1.82) is 0 Å². The minimum absolute atomic E-state index is 0.108. The summed E-state index contributed by atoms with van der Waals surface area (Å²) in [6.07, 6.45) is 1.67. The first-order chi connectivity index (χ1) is 9.26. The molecule has 0 spiro atoms. The van der Waals surface area contributed by atoms with Crippen LogP contribution in [0.5, 0.6) is 5.75 Å². The fourth-order valence-electron chi connectivity index (χ4n) is 1.55. The Morgan fingerprint density at radius 2 is 2.15 bits per heavy atom. The number of halogens is 1. The number of nitrogens with two attached hydrogens (primary N) is 1. The highest BCUT2D eigenvalue weighted by atomic mass is 79.9. The minimum Gasteiger partial charge on any atom is -0.492 e. The molecular weight excluding hydrogens is 322 g/mol. The molecule has 0 aliphatic heterocycles. The maximum absolute atomic E-state index is 11.0. The summed E-state index contributed by atoms with van der Waals surface area (Å²) in [6.45, 7) is 5.46. The van der Waals surface area contributed by atoms with Crippen LogP contribution < -0.4 is 10.5 Å². The van der Waals surface area contributed by atoms with E-state index >= 15 is 0 Å². The standard InChI is InChI=1S/C15H22BrNO3/c1-4-11(17)7-10-8-12(5-6-13(10)16)20-9-15(2,3)14(18)19/h5-6,8,11H,4,7,9,17H2,1-3H3,(H,18,19). The topological polar surface area (TPSA) is 72.5 Å². The predicted octanol–water partition coefficient (Wildman–Crippen LogP) is 3.22. The molecule has 0 heterocycles. The summed E-state index contributed by atoms with van der Waals surface area (Å²) in [5, 5.41) is 9.06. The van der Waals surface area contributed by atoms with Gasteiger partial charge in [-0.1, -0.05) is 22.9 Å². The van der Waals surface area contributed by atoms with E-state index in [2.05, 4.69) is 15.9 Å². The molecule has 0 aliphatic carbocycles. The Morgan fingerprint density at radius 3 is 2.70 bits per heavy atom. The summed E-state index contributed by atoms with van der Waals surface area (Å²) in [7, 11) is 0. The van der Waals surface area contributed by atoms with Gasteiger partial charge in [0.2, 0.25) is 0 Å². The van der Waals surface area contributed by atoms with E-state index < -0.39 is 11.4 Å². The second-order valence-corrected chi connectivity index (χ2v) is 6.46. The Hall–Kier alpha value is -1.07. The molecule has 0 fully saturated rings. The number of hydrogen-bond acceptors (Lipinski definition) is 3. The first-order valence-corrected chi connectivity index (χ1v) is 7.45. The van der Waals surface area contributed by atoms with Crippen LogP contribution in [0.4, 0.5) is 0 Å². The van der Waals surface area contributed by atoms with E-state index in [4.69, 9.17) is 15.6 Å². The van der Waals surface area contributed by atoms with E-state index in [1.54, 1.807) is 13.8 Å². The number of aliphatic carboxylic acids is 1. The molecule has 3 N–H and O–H groups in total. The zero-order valence-corrected chi connectivity index (χ0v) is 13.7. The Morgan fingerprint density at radius 1 is 1.50 bits per heavy atom. The van der Waals surface area contributed by atoms with Crippen LogP contribution in [-0.2, 0) is 11.2 Å². The second kappa shape index (κ2) is 7.09. The van der Waals surface area contributed by atoms with Crippen molar-refractivity contribution < 1.29 is 14.6 Å². The van der Waals surface area contributed by atoms with E-state index in [1.807, 2.05) is 25.1 Å². The normalized spacial score (nSPS) is 13.1. The predicted molar refractivity (Wildman–Crippen MR) is 83.0 cm³/mol. The molecule has 0 aromatic heterocycles. The fourth-order valence-corrected chi connectivity index (χ4v) is 1.96. The number of hydrogen-bond donors (Lipinski definition) is 2. The van der Waals surface area contributed by atoms with Gasteiger partial charge in [0, 0.05) is 10.5 Å². The third kappa shape index (κ3) is 4.80. The van der Waals surface area contributed by atoms with Crippen LogP contribution in [0.1, 0.15) is 32.8 Å². The average molecular weight is 344 g/mol. The molecule has 0 radical (unpaired) electrons. The second-order valence-electron chi connectivity index (χ2n) is 5.60. The number of rotatable bonds is 7. The lowest BCUT2D eigenvalue weighted by molar-refractivity contribution is -0.148. The SMILES string of the molecule is CCC(N)Cc1cc(OCC(C)(C)C(=O)O)ccc1Br. The van der Waals surface area contributed by atoms with E-state index in [9.17, 15) is 4.79 Å². The zero-order valence-electron chi connectivity index (χ0n) is 12.1. The highest BCUT2D eigenvalue weighted by Gasteiger charge is 2.28. The fraction of sp³-hybridized carbons (Fsp3) is 0.533. The highest BCUT2D eigenvalue weighted by molar-refractivity contribution is 9.10. The first kappa shape index (κ1) is 17.0. The number of carbonyl (C=O) groups is 1. The van der Waals surface area contributed by atoms with Crippen molar-refractivity contribution in [3.63, 3.8) is 0 Å². The Kier molecular flexibility index (Phi) is 6.02. The molecule has 0 saturated heterocycles. The van der Waals surface area contributed by atoms with Crippen molar-refractivity contribution in [1.82, 2.24) is 0 Å². The molecule has 5 heteroatoms. The van der Waals surface area contributed by atoms with Crippen molar-refractivity contribution >= 4 is 21.9 Å². The molecule has 20 heavy (non-hydrogen) atoms. The summed E-state index contributed by atoms with van der Waals surface area (Å²) in [6, 6.07) is 5.75. The maximum atomic E-state index is 11.0. The Balaban J connectivity index is 2.77. The van der Waals surface area contributed by atoms with Crippen LogP contribution in [0.3, 0.4) is 0 Å². The van der Waals surface area contributed by atoms with Gasteiger partial charge in [-0.15, -0.1) is 0 Å². The molecule has 1 unspecified atom stereocenters. The van der Waals surface area contributed by atoms with Gasteiger partial charge in [0.05, 0.1) is 5.41 Å². The van der Waals surface area contributed by atoms with Crippen molar-refractivity contribution in [2.24, 2.45) is 11.1 Å². The molecule has 0 saturated carbocycles. The number of carboxylic acid groups (broad SMARTS) is 1. The van der Waals surface area contributed by atoms with Crippen molar-refractivity contribution in [2.75, 3.05) is 6.61 Å². The maximum Gasteiger partial charge on any atom is 0.312 e. The molecule has 0 aliphatic rings. The van der Waals surface area contributed by atoms with E-state index in [-0.39, 0.29) is 12.6 Å². The van der Waals surface area contributed by atoms with Gasteiger partial charge in [0.1, 0.15) is 12.4 Å². The van der Waals surface area contributed by atoms with Gasteiger partial charge in [0.15, 0.2) is 0 Å². The lowest BCUT2D eigenvalue weighted by atomic mass is 9.95. The monoisotopic (exact) mass is 343 g/mol. The summed E-state index contributed by atoms with van der Waals surface area (Å²) in [5.74, 6) is -0.205. The molecule has 0 bridgehead atoms. The van der Waals surface area contributed by atoms with Crippen LogP contribution in [-0.4, -0.2) is 23.7 Å². The lowest BCUT2D eigenvalue weighted by Gasteiger charge is -2.20. The molecule has 112 valence electrons. The first-order valence-electron chi connectivity index (χ1n) is 6.66. The Bertz CT molecular complexity index is 474.